The van der Waals surface area contributed by atoms with E-state index in [1.807, 2.05) is 0 Å². The molecule has 12 aromatic rings. The fourth-order valence-electron chi connectivity index (χ4n) is 9.69. The van der Waals surface area contributed by atoms with E-state index in [1.165, 1.54) is 93.5 Å². The van der Waals surface area contributed by atoms with Crippen LogP contribution in [0.15, 0.2) is 255 Å². The van der Waals surface area contributed by atoms with Crippen molar-refractivity contribution >= 4 is 60.4 Å². The first-order valence-electron chi connectivity index (χ1n) is 22.0. The van der Waals surface area contributed by atoms with Gasteiger partial charge in [-0.05, 0) is 104 Å². The van der Waals surface area contributed by atoms with E-state index in [2.05, 4.69) is 264 Å². The molecule has 0 saturated heterocycles. The Balaban J connectivity index is 0.864. The van der Waals surface area contributed by atoms with Gasteiger partial charge in [-0.25, -0.2) is 0 Å². The minimum Gasteiger partial charge on any atom is -0.310 e. The predicted octanol–water partition coefficient (Wildman–Crippen LogP) is 17.2. The number of anilines is 3. The van der Waals surface area contributed by atoms with Gasteiger partial charge >= 0.3 is 0 Å². The van der Waals surface area contributed by atoms with Crippen molar-refractivity contribution < 1.29 is 0 Å². The molecule has 0 aliphatic carbocycles. The summed E-state index contributed by atoms with van der Waals surface area (Å²) in [5.41, 5.74) is 16.5. The van der Waals surface area contributed by atoms with Crippen LogP contribution in [0.1, 0.15) is 0 Å². The third kappa shape index (κ3) is 6.52. The summed E-state index contributed by atoms with van der Waals surface area (Å²) in [6.45, 7) is 0. The second kappa shape index (κ2) is 15.8. The lowest BCUT2D eigenvalue weighted by atomic mass is 9.96. The third-order valence-corrected chi connectivity index (χ3v) is 12.8. The van der Waals surface area contributed by atoms with Crippen molar-refractivity contribution in [3.63, 3.8) is 0 Å². The molecule has 2 heteroatoms. The number of fused-ring (bicyclic) bond motifs is 5. The largest absolute Gasteiger partial charge is 0.310 e. The molecule has 0 N–H and O–H groups in total. The number of nitrogens with zero attached hydrogens (tertiary/aromatic N) is 2. The highest BCUT2D eigenvalue weighted by atomic mass is 15.1. The van der Waals surface area contributed by atoms with Gasteiger partial charge in [0.1, 0.15) is 0 Å². The number of para-hydroxylation sites is 3. The Bertz CT molecular complexity index is 3570. The smallest absolute Gasteiger partial charge is 0.0541 e. The molecule has 300 valence electrons. The highest BCUT2D eigenvalue weighted by molar-refractivity contribution is 6.10. The summed E-state index contributed by atoms with van der Waals surface area (Å²) in [5.74, 6) is 0. The van der Waals surface area contributed by atoms with Gasteiger partial charge in [-0.1, -0.05) is 206 Å². The molecule has 0 aliphatic heterocycles. The van der Waals surface area contributed by atoms with Crippen LogP contribution in [0.3, 0.4) is 0 Å². The van der Waals surface area contributed by atoms with Crippen LogP contribution in [0.2, 0.25) is 0 Å². The summed E-state index contributed by atoms with van der Waals surface area (Å²) in [5, 5.41) is 7.48. The first-order valence-corrected chi connectivity index (χ1v) is 22.0. The van der Waals surface area contributed by atoms with Crippen molar-refractivity contribution in [2.24, 2.45) is 0 Å². The Morgan fingerprint density at radius 1 is 0.250 bits per heavy atom. The second-order valence-corrected chi connectivity index (χ2v) is 16.5. The summed E-state index contributed by atoms with van der Waals surface area (Å²) < 4.78 is 2.41. The van der Waals surface area contributed by atoms with Crippen molar-refractivity contribution in [3.05, 3.63) is 255 Å². The Hall–Kier alpha value is -8.46. The molecule has 0 saturated carbocycles. The van der Waals surface area contributed by atoms with Gasteiger partial charge in [0.25, 0.3) is 0 Å². The van der Waals surface area contributed by atoms with Crippen LogP contribution in [0, 0.1) is 0 Å². The molecule has 0 unspecified atom stereocenters. The highest BCUT2D eigenvalue weighted by Crippen LogP contribution is 2.41. The molecule has 0 aliphatic rings. The predicted molar refractivity (Wildman–Crippen MR) is 272 cm³/mol. The van der Waals surface area contributed by atoms with E-state index in [4.69, 9.17) is 0 Å². The summed E-state index contributed by atoms with van der Waals surface area (Å²) in [7, 11) is 0. The topological polar surface area (TPSA) is 8.17 Å². The average Bonchev–Trinajstić information content (AvgIpc) is 3.71. The molecule has 1 heterocycles. The maximum atomic E-state index is 2.41. The van der Waals surface area contributed by atoms with Crippen molar-refractivity contribution in [2.45, 2.75) is 0 Å². The molecular formula is C62H42N2. The SMILES string of the molecule is c1ccc(-n2c3ccccc3c3ccccc32)c(-c2ccc(-c3ccc(N(c4ccc(-c5ccc(-c6cccc7ccccc67)cc5)cc4)c4cccc5ccccc45)cc3)cc2)c1. The standard InChI is InChI=1S/C62H42N2/c1-3-17-53-47(13-1)15-11-22-54(53)49-31-27-43(28-32-49)45-35-39-51(40-36-45)63(59-26-12-16-48-14-2-4-18-55(48)59)52-41-37-46(38-42-52)44-29-33-50(34-30-44)56-19-5-8-23-60(56)64-61-24-9-6-20-57(61)58-21-7-10-25-62(58)64/h1-42H. The third-order valence-electron chi connectivity index (χ3n) is 12.8. The fourth-order valence-corrected chi connectivity index (χ4v) is 9.69. The summed E-state index contributed by atoms with van der Waals surface area (Å²) in [6.07, 6.45) is 0. The van der Waals surface area contributed by atoms with E-state index in [1.54, 1.807) is 0 Å². The maximum absolute atomic E-state index is 2.41. The van der Waals surface area contributed by atoms with E-state index in [0.717, 1.165) is 17.1 Å². The Morgan fingerprint density at radius 3 is 1.20 bits per heavy atom. The van der Waals surface area contributed by atoms with E-state index in [0.29, 0.717) is 0 Å². The minimum absolute atomic E-state index is 1.10. The molecule has 12 rings (SSSR count). The zero-order valence-corrected chi connectivity index (χ0v) is 35.1. The molecule has 1 aromatic heterocycles. The van der Waals surface area contributed by atoms with Crippen LogP contribution in [-0.4, -0.2) is 4.57 Å². The van der Waals surface area contributed by atoms with Crippen molar-refractivity contribution in [2.75, 3.05) is 4.90 Å². The first-order chi connectivity index (χ1) is 31.7. The normalized spacial score (nSPS) is 11.4. The minimum atomic E-state index is 1.10. The number of benzene rings is 11. The lowest BCUT2D eigenvalue weighted by molar-refractivity contribution is 1.18. The van der Waals surface area contributed by atoms with E-state index in [-0.39, 0.29) is 0 Å². The quantitative estimate of drug-likeness (QED) is 0.148. The van der Waals surface area contributed by atoms with Gasteiger partial charge in [0.05, 0.1) is 22.4 Å². The number of hydrogen-bond donors (Lipinski definition) is 0. The van der Waals surface area contributed by atoms with Crippen LogP contribution in [0.5, 0.6) is 0 Å². The summed E-state index contributed by atoms with van der Waals surface area (Å²) in [4.78, 5) is 2.38. The molecule has 0 bridgehead atoms. The zero-order valence-electron chi connectivity index (χ0n) is 35.1. The van der Waals surface area contributed by atoms with Gasteiger partial charge in [0.15, 0.2) is 0 Å². The van der Waals surface area contributed by atoms with Crippen molar-refractivity contribution in [1.82, 2.24) is 4.57 Å². The fraction of sp³-hybridized carbons (Fsp3) is 0. The lowest BCUT2D eigenvalue weighted by Crippen LogP contribution is -2.10. The van der Waals surface area contributed by atoms with Crippen molar-refractivity contribution in [1.29, 1.82) is 0 Å². The van der Waals surface area contributed by atoms with Gasteiger partial charge in [-0.2, -0.15) is 0 Å². The number of hydrogen-bond acceptors (Lipinski definition) is 1. The van der Waals surface area contributed by atoms with E-state index in [9.17, 15) is 0 Å². The van der Waals surface area contributed by atoms with E-state index < -0.39 is 0 Å². The van der Waals surface area contributed by atoms with Gasteiger partial charge in [-0.15, -0.1) is 0 Å². The van der Waals surface area contributed by atoms with Crippen LogP contribution in [0.25, 0.3) is 93.5 Å². The first kappa shape index (κ1) is 37.3. The summed E-state index contributed by atoms with van der Waals surface area (Å²) >= 11 is 0. The number of aromatic nitrogens is 1. The molecule has 2 nitrogen and oxygen atoms in total. The van der Waals surface area contributed by atoms with Gasteiger partial charge in [-0.3, -0.25) is 0 Å². The molecule has 0 amide bonds. The second-order valence-electron chi connectivity index (χ2n) is 16.5. The molecule has 64 heavy (non-hydrogen) atoms. The van der Waals surface area contributed by atoms with E-state index >= 15 is 0 Å². The molecular weight excluding hydrogens is 773 g/mol. The zero-order chi connectivity index (χ0) is 42.4. The molecule has 0 fully saturated rings. The maximum Gasteiger partial charge on any atom is 0.0541 e. The summed E-state index contributed by atoms with van der Waals surface area (Å²) in [6, 6.07) is 92.5. The van der Waals surface area contributed by atoms with Crippen LogP contribution in [-0.2, 0) is 0 Å². The Labute approximate surface area is 373 Å². The molecule has 0 radical (unpaired) electrons. The van der Waals surface area contributed by atoms with Crippen LogP contribution in [0.4, 0.5) is 17.1 Å². The average molecular weight is 815 g/mol. The molecule has 0 atom stereocenters. The molecule has 0 spiro atoms. The monoisotopic (exact) mass is 814 g/mol. The molecule has 11 aromatic carbocycles. The Morgan fingerprint density at radius 2 is 0.625 bits per heavy atom. The van der Waals surface area contributed by atoms with Crippen molar-refractivity contribution in [3.8, 4) is 50.2 Å². The van der Waals surface area contributed by atoms with Gasteiger partial charge in [0.2, 0.25) is 0 Å². The lowest BCUT2D eigenvalue weighted by Gasteiger charge is -2.27. The van der Waals surface area contributed by atoms with Crippen LogP contribution < -0.4 is 4.90 Å². The highest BCUT2D eigenvalue weighted by Gasteiger charge is 2.18. The van der Waals surface area contributed by atoms with Crippen LogP contribution >= 0.6 is 0 Å². The van der Waals surface area contributed by atoms with Gasteiger partial charge < -0.3 is 9.47 Å². The Kier molecular flexibility index (Phi) is 9.20. The number of rotatable bonds is 8. The van der Waals surface area contributed by atoms with Gasteiger partial charge in [0, 0.05) is 33.1 Å².